The van der Waals surface area contributed by atoms with Gasteiger partial charge in [0.1, 0.15) is 17.9 Å². The standard InChI is InChI=1S/C32H50FN7O3/c1-8-13-37(7)17-25(41)16-27(22(3)4)39-19-32(20-39)12-14-38(18-32)29-30(36-35-21-34-29)43-28-11-10-24(33)15-26(28)31(42)40(9-2)23(5)6/h10-11,15,21-23,25,27,41H,8-9,12-14,16-20H2,1-7H3/t25-,27-/m1/s1. The summed E-state index contributed by atoms with van der Waals surface area (Å²) in [7, 11) is 2.07. The first kappa shape index (κ1) is 33.0. The second-order valence-corrected chi connectivity index (χ2v) is 13.1. The van der Waals surface area contributed by atoms with Crippen molar-refractivity contribution in [2.75, 3.05) is 57.8 Å². The quantitative estimate of drug-likeness (QED) is 0.341. The van der Waals surface area contributed by atoms with Crippen molar-refractivity contribution in [3.63, 3.8) is 0 Å². The average Bonchev–Trinajstić information content (AvgIpc) is 3.38. The van der Waals surface area contributed by atoms with Gasteiger partial charge in [-0.25, -0.2) is 9.37 Å². The number of nitrogens with zero attached hydrogens (tertiary/aromatic N) is 7. The molecule has 2 atom stereocenters. The van der Waals surface area contributed by atoms with E-state index in [2.05, 4.69) is 57.7 Å². The topological polar surface area (TPSA) is 98.2 Å². The van der Waals surface area contributed by atoms with Gasteiger partial charge in [-0.1, -0.05) is 20.8 Å². The Hall–Kier alpha value is -2.89. The number of hydrogen-bond acceptors (Lipinski definition) is 9. The Morgan fingerprint density at radius 2 is 1.93 bits per heavy atom. The predicted octanol–water partition coefficient (Wildman–Crippen LogP) is 4.30. The SMILES string of the molecule is CCCN(C)C[C@H](O)C[C@H](C(C)C)N1CC2(CCN(c3ncnnc3Oc3ccc(F)cc3C(=O)N(CC)C(C)C)C2)C1. The normalized spacial score (nSPS) is 18.0. The van der Waals surface area contributed by atoms with Crippen molar-refractivity contribution in [3.8, 4) is 11.6 Å². The molecule has 0 radical (unpaired) electrons. The number of anilines is 1. The number of carbonyl (C=O) groups excluding carboxylic acids is 1. The maximum absolute atomic E-state index is 14.3. The van der Waals surface area contributed by atoms with Gasteiger partial charge < -0.3 is 24.5 Å². The van der Waals surface area contributed by atoms with Crippen molar-refractivity contribution in [1.29, 1.82) is 0 Å². The zero-order valence-electron chi connectivity index (χ0n) is 27.0. The maximum atomic E-state index is 14.3. The van der Waals surface area contributed by atoms with E-state index < -0.39 is 5.82 Å². The number of hydrogen-bond donors (Lipinski definition) is 1. The van der Waals surface area contributed by atoms with Crippen LogP contribution in [0.15, 0.2) is 24.5 Å². The zero-order chi connectivity index (χ0) is 31.3. The van der Waals surface area contributed by atoms with Gasteiger partial charge in [-0.15, -0.1) is 10.2 Å². The van der Waals surface area contributed by atoms with E-state index in [-0.39, 0.29) is 40.7 Å². The van der Waals surface area contributed by atoms with Gasteiger partial charge >= 0.3 is 0 Å². The van der Waals surface area contributed by atoms with Crippen LogP contribution in [-0.4, -0.2) is 112 Å². The van der Waals surface area contributed by atoms with E-state index in [0.717, 1.165) is 52.0 Å². The van der Waals surface area contributed by atoms with E-state index in [9.17, 15) is 14.3 Å². The van der Waals surface area contributed by atoms with E-state index in [0.29, 0.717) is 30.9 Å². The number of likely N-dealkylation sites (tertiary alicyclic amines) is 1. The molecule has 0 aliphatic carbocycles. The van der Waals surface area contributed by atoms with Gasteiger partial charge in [-0.05, 0) is 77.7 Å². The van der Waals surface area contributed by atoms with Crippen LogP contribution in [0.2, 0.25) is 0 Å². The highest BCUT2D eigenvalue weighted by atomic mass is 19.1. The highest BCUT2D eigenvalue weighted by Crippen LogP contribution is 2.44. The number of ether oxygens (including phenoxy) is 1. The number of benzene rings is 1. The summed E-state index contributed by atoms with van der Waals surface area (Å²) in [6.07, 6.45) is 3.92. The second kappa shape index (κ2) is 14.3. The largest absolute Gasteiger partial charge is 0.434 e. The molecule has 11 heteroatoms. The fourth-order valence-corrected chi connectivity index (χ4v) is 6.75. The summed E-state index contributed by atoms with van der Waals surface area (Å²) in [4.78, 5) is 26.4. The van der Waals surface area contributed by atoms with E-state index in [1.807, 2.05) is 20.8 Å². The molecule has 4 rings (SSSR count). The third-order valence-electron chi connectivity index (χ3n) is 8.87. The summed E-state index contributed by atoms with van der Waals surface area (Å²) in [6.45, 7) is 18.1. The molecular weight excluding hydrogens is 549 g/mol. The molecule has 0 bridgehead atoms. The number of likely N-dealkylation sites (N-methyl/N-ethyl adjacent to an activating group) is 1. The van der Waals surface area contributed by atoms with Crippen LogP contribution >= 0.6 is 0 Å². The van der Waals surface area contributed by atoms with Crippen LogP contribution in [0.25, 0.3) is 0 Å². The molecule has 3 heterocycles. The second-order valence-electron chi connectivity index (χ2n) is 13.1. The number of rotatable bonds is 14. The van der Waals surface area contributed by atoms with Gasteiger partial charge in [0.2, 0.25) is 0 Å². The van der Waals surface area contributed by atoms with Crippen molar-refractivity contribution >= 4 is 11.7 Å². The molecule has 2 fully saturated rings. The van der Waals surface area contributed by atoms with Gasteiger partial charge in [0.25, 0.3) is 11.8 Å². The highest BCUT2D eigenvalue weighted by molar-refractivity contribution is 5.97. The first-order valence-electron chi connectivity index (χ1n) is 15.8. The molecule has 10 nitrogen and oxygen atoms in total. The Morgan fingerprint density at radius 3 is 2.58 bits per heavy atom. The minimum absolute atomic E-state index is 0.0499. The first-order valence-corrected chi connectivity index (χ1v) is 15.8. The van der Waals surface area contributed by atoms with Gasteiger partial charge in [0.15, 0.2) is 5.82 Å². The Balaban J connectivity index is 1.45. The number of carbonyl (C=O) groups is 1. The van der Waals surface area contributed by atoms with Crippen LogP contribution in [0.5, 0.6) is 11.6 Å². The molecule has 1 spiro atoms. The van der Waals surface area contributed by atoms with Crippen LogP contribution in [0.3, 0.4) is 0 Å². The van der Waals surface area contributed by atoms with Crippen LogP contribution < -0.4 is 9.64 Å². The molecule has 2 aliphatic rings. The van der Waals surface area contributed by atoms with Crippen molar-refractivity contribution in [3.05, 3.63) is 35.9 Å². The summed E-state index contributed by atoms with van der Waals surface area (Å²) in [6, 6.07) is 4.23. The Bertz CT molecular complexity index is 1220. The minimum Gasteiger partial charge on any atom is -0.434 e. The first-order chi connectivity index (χ1) is 20.5. The van der Waals surface area contributed by atoms with Crippen LogP contribution in [0, 0.1) is 17.2 Å². The maximum Gasteiger partial charge on any atom is 0.282 e. The van der Waals surface area contributed by atoms with E-state index in [4.69, 9.17) is 4.74 Å². The Morgan fingerprint density at radius 1 is 1.19 bits per heavy atom. The van der Waals surface area contributed by atoms with E-state index in [1.54, 1.807) is 4.90 Å². The molecule has 1 aromatic heterocycles. The lowest BCUT2D eigenvalue weighted by Gasteiger charge is -2.53. The fraction of sp³-hybridized carbons (Fsp3) is 0.688. The molecule has 0 saturated carbocycles. The molecule has 2 aliphatic heterocycles. The van der Waals surface area contributed by atoms with Crippen molar-refractivity contribution < 1.29 is 19.0 Å². The summed E-state index contributed by atoms with van der Waals surface area (Å²) >= 11 is 0. The molecule has 1 N–H and O–H groups in total. The lowest BCUT2D eigenvalue weighted by Crippen LogP contribution is -2.62. The summed E-state index contributed by atoms with van der Waals surface area (Å²) in [5.74, 6) is 0.619. The predicted molar refractivity (Wildman–Crippen MR) is 166 cm³/mol. The monoisotopic (exact) mass is 599 g/mol. The molecule has 1 aromatic carbocycles. The van der Waals surface area contributed by atoms with Gasteiger partial charge in [0.05, 0.1) is 11.7 Å². The Kier molecular flexibility index (Phi) is 10.9. The third kappa shape index (κ3) is 7.80. The van der Waals surface area contributed by atoms with Gasteiger partial charge in [0, 0.05) is 56.8 Å². The van der Waals surface area contributed by atoms with Crippen molar-refractivity contribution in [2.24, 2.45) is 11.3 Å². The molecule has 2 aromatic rings. The highest BCUT2D eigenvalue weighted by Gasteiger charge is 2.50. The van der Waals surface area contributed by atoms with Crippen molar-refractivity contribution in [1.82, 2.24) is 29.9 Å². The van der Waals surface area contributed by atoms with E-state index >= 15 is 0 Å². The zero-order valence-corrected chi connectivity index (χ0v) is 27.0. The molecule has 1 amide bonds. The average molecular weight is 600 g/mol. The number of amides is 1. The van der Waals surface area contributed by atoms with Gasteiger partial charge in [-0.2, -0.15) is 0 Å². The van der Waals surface area contributed by atoms with Crippen LogP contribution in [0.1, 0.15) is 71.2 Å². The van der Waals surface area contributed by atoms with E-state index in [1.165, 1.54) is 24.5 Å². The molecular formula is C32H50FN7O3. The van der Waals surface area contributed by atoms with Crippen LogP contribution in [-0.2, 0) is 0 Å². The number of aliphatic hydroxyl groups excluding tert-OH is 1. The van der Waals surface area contributed by atoms with Crippen molar-refractivity contribution in [2.45, 2.75) is 79.0 Å². The van der Waals surface area contributed by atoms with Crippen LogP contribution in [0.4, 0.5) is 10.2 Å². The lowest BCUT2D eigenvalue weighted by molar-refractivity contribution is -0.0481. The fourth-order valence-electron chi connectivity index (χ4n) is 6.75. The minimum atomic E-state index is -0.510. The Labute approximate surface area is 256 Å². The number of aromatic nitrogens is 3. The number of aliphatic hydroxyl groups is 1. The number of halogens is 1. The third-order valence-corrected chi connectivity index (χ3v) is 8.87. The molecule has 0 unspecified atom stereocenters. The summed E-state index contributed by atoms with van der Waals surface area (Å²) in [5, 5.41) is 19.0. The lowest BCUT2D eigenvalue weighted by atomic mass is 9.76. The summed E-state index contributed by atoms with van der Waals surface area (Å²) < 4.78 is 20.4. The summed E-state index contributed by atoms with van der Waals surface area (Å²) in [5.41, 5.74) is 0.275. The molecule has 43 heavy (non-hydrogen) atoms. The smallest absolute Gasteiger partial charge is 0.282 e. The molecule has 238 valence electrons. The molecule has 2 saturated heterocycles. The van der Waals surface area contributed by atoms with Gasteiger partial charge in [-0.3, -0.25) is 9.69 Å².